The van der Waals surface area contributed by atoms with Gasteiger partial charge in [-0.05, 0) is 73.3 Å². The Morgan fingerprint density at radius 1 is 0.293 bits per heavy atom. The first-order valence-electron chi connectivity index (χ1n) is 39.0. The molecule has 7 heterocycles. The predicted molar refractivity (Wildman–Crippen MR) is 386 cm³/mol. The number of amides is 11. The number of benzene rings is 2. The number of hydrogen-bond acceptors (Lipinski definition) is 31. The molecule has 0 spiro atoms. The van der Waals surface area contributed by atoms with E-state index in [1.54, 1.807) is 26.4 Å². The molecule has 12 aliphatic rings. The molecule has 150 heavy (non-hydrogen) atoms. The van der Waals surface area contributed by atoms with Crippen LogP contribution in [-0.2, 0) is 148 Å². The summed E-state index contributed by atoms with van der Waals surface area (Å²) in [6.07, 6.45) is -75.0. The summed E-state index contributed by atoms with van der Waals surface area (Å²) < 4.78 is 637. The molecular weight excluding hydrogens is 2300 g/mol. The van der Waals surface area contributed by atoms with Crippen molar-refractivity contribution >= 4 is 127 Å². The van der Waals surface area contributed by atoms with Crippen LogP contribution in [0.4, 0.5) is 167 Å². The third-order valence-corrected chi connectivity index (χ3v) is 28.0. The lowest BCUT2D eigenvalue weighted by Crippen LogP contribution is -2.56. The highest BCUT2D eigenvalue weighted by Gasteiger charge is 2.82. The lowest BCUT2D eigenvalue weighted by atomic mass is 9.85. The lowest BCUT2D eigenvalue weighted by Gasteiger charge is -2.29. The van der Waals surface area contributed by atoms with Crippen LogP contribution >= 0.6 is 0 Å². The average Bonchev–Trinajstić information content (AvgIpc) is 1.54. The highest BCUT2D eigenvalue weighted by Crippen LogP contribution is 2.59. The lowest BCUT2D eigenvalue weighted by molar-refractivity contribution is -0.477. The molecule has 11 amide bonds. The molecule has 0 N–H and O–H groups in total. The Morgan fingerprint density at radius 2 is 0.507 bits per heavy atom. The Kier molecular flexibility index (Phi) is 31.4. The van der Waals surface area contributed by atoms with Gasteiger partial charge in [0.15, 0.2) is 0 Å². The van der Waals surface area contributed by atoms with Crippen LogP contribution in [0, 0.1) is 59.2 Å². The van der Waals surface area contributed by atoms with Gasteiger partial charge in [0.1, 0.15) is 0 Å². The molecule has 12 unspecified atom stereocenters. The molecule has 0 radical (unpaired) electrons. The number of imide groups is 5. The number of ether oxygens (including phenoxy) is 5. The largest absolute Gasteiger partial charge is 0.483 e. The minimum Gasteiger partial charge on any atom is -0.365 e. The van der Waals surface area contributed by atoms with Crippen molar-refractivity contribution < 1.29 is 307 Å². The molecule has 0 aromatic heterocycles. The number of carbonyl (C=O) groups excluding carboxylic acids is 11. The Bertz CT molecular complexity index is 6260. The summed E-state index contributed by atoms with van der Waals surface area (Å²) in [4.78, 5) is 134. The van der Waals surface area contributed by atoms with E-state index in [1.807, 2.05) is 4.74 Å². The molecule has 2 aromatic carbocycles. The van der Waals surface area contributed by atoms with Gasteiger partial charge in [-0.3, -0.25) is 52.7 Å². The van der Waals surface area contributed by atoms with E-state index in [1.165, 1.54) is 85.0 Å². The van der Waals surface area contributed by atoms with E-state index in [0.29, 0.717) is 30.6 Å². The van der Waals surface area contributed by atoms with Crippen LogP contribution in [-0.4, -0.2) is 263 Å². The first kappa shape index (κ1) is 121. The number of hydroxylamine groups is 10. The molecule has 5 aliphatic carbocycles. The van der Waals surface area contributed by atoms with Gasteiger partial charge >= 0.3 is 156 Å². The molecule has 6 fully saturated rings. The van der Waals surface area contributed by atoms with Crippen LogP contribution in [0.25, 0.3) is 11.1 Å². The molecule has 37 nitrogen and oxygen atoms in total. The van der Waals surface area contributed by atoms with Crippen LogP contribution in [0.3, 0.4) is 0 Å². The third-order valence-electron chi connectivity index (χ3n) is 22.0. The molecule has 2 saturated carbocycles. The maximum Gasteiger partial charge on any atom is 0.483 e. The van der Waals surface area contributed by atoms with Crippen molar-refractivity contribution in [2.24, 2.45) is 59.2 Å². The van der Waals surface area contributed by atoms with E-state index in [9.17, 15) is 262 Å². The van der Waals surface area contributed by atoms with Gasteiger partial charge in [0, 0.05) is 25.2 Å². The quantitative estimate of drug-likeness (QED) is 0.0398. The summed E-state index contributed by atoms with van der Waals surface area (Å²) in [5, 5.41) is -35.8. The predicted octanol–water partition coefficient (Wildman–Crippen LogP) is 11.1. The fraction of sp³-hybridized carbons (Fsp3) is 0.529. The van der Waals surface area contributed by atoms with Crippen molar-refractivity contribution in [3.05, 3.63) is 119 Å². The zero-order valence-electron chi connectivity index (χ0n) is 71.2. The maximum atomic E-state index is 14.1. The highest BCUT2D eigenvalue weighted by atomic mass is 32.2. The molecule has 6 bridgehead atoms. The molecule has 12 atom stereocenters. The highest BCUT2D eigenvalue weighted by molar-refractivity contribution is 7.89. The number of nitrogens with zero attached hydrogens (tertiary/aromatic N) is 6. The molecule has 14 rings (SSSR count). The fourth-order valence-corrected chi connectivity index (χ4v) is 19.0. The van der Waals surface area contributed by atoms with Crippen molar-refractivity contribution in [1.82, 2.24) is 30.2 Å². The van der Waals surface area contributed by atoms with E-state index in [2.05, 4.69) is 21.4 Å². The van der Waals surface area contributed by atoms with Gasteiger partial charge in [-0.25, -0.2) is 18.9 Å². The van der Waals surface area contributed by atoms with Gasteiger partial charge in [-0.2, -0.15) is 209 Å². The van der Waals surface area contributed by atoms with Gasteiger partial charge in [-0.15, -0.1) is 46.7 Å². The number of hydrogen-bond donors (Lipinski definition) is 0. The Morgan fingerprint density at radius 3 is 0.733 bits per heavy atom. The molecule has 7 aliphatic heterocycles. The Hall–Kier alpha value is -11.0. The van der Waals surface area contributed by atoms with Gasteiger partial charge < -0.3 is 9.64 Å². The molecule has 2 aromatic rings. The van der Waals surface area contributed by atoms with Crippen molar-refractivity contribution in [3.63, 3.8) is 0 Å². The van der Waals surface area contributed by atoms with Crippen molar-refractivity contribution in [2.75, 3.05) is 14.1 Å². The summed E-state index contributed by atoms with van der Waals surface area (Å²) in [5.41, 5.74) is -2.05. The van der Waals surface area contributed by atoms with Crippen LogP contribution in [0.5, 0.6) is 0 Å². The molecule has 838 valence electrons. The van der Waals surface area contributed by atoms with Crippen LogP contribution in [0.2, 0.25) is 0 Å². The number of rotatable bonds is 30. The number of halogens is 38. The third kappa shape index (κ3) is 21.0. The standard InChI is InChI=1S/C20H10F9NO6S.C13H8F9NO6S.C13H14F2N2O6S.C12H6F9NO7S.C12H8F9NO6S/c21-17(22,23)18(24,25)35-19(26,27)20(28,29)37(33,34)36-30-15(31)13(11-7-3-1-4-8-11)14(16(30)32)12-9-5-2-6-10-12;14-10(15,16)11(17,18)28-12(19,20)13(21,22)30(26,27)29-23-8(24)6-4-1-2-5(3-4)7(6)9(23)25;1-16(2)12(20)13(14,15)24(21,22)23-17-10(18)8-6-3-4-7(5-6)9(8)11(17)19;13-9(14,15)10(16,17)28-11(18,19)12(20,21)30(25,26)29-22-7(23)5-3-1-2-4(27-3)6(5)8(22)24;13-9(14,15)10(16,17)27-11(18,19)12(20,21)29(25,26)28-22-7(23)5-3-1-2-4-6(5)8(22)24/h1-10H;1-2,4-7H,3H2;3-4,6-9H,5H2,1-2H3;1-6H;1-4H2. The van der Waals surface area contributed by atoms with E-state index in [-0.39, 0.29) is 52.0 Å². The van der Waals surface area contributed by atoms with E-state index in [4.69, 9.17) is 4.74 Å². The summed E-state index contributed by atoms with van der Waals surface area (Å²) >= 11 is 0. The van der Waals surface area contributed by atoms with Crippen molar-refractivity contribution in [1.29, 1.82) is 0 Å². The first-order valence-corrected chi connectivity index (χ1v) is 46.0. The Labute approximate surface area is 804 Å². The van der Waals surface area contributed by atoms with E-state index < -0.39 is 306 Å². The van der Waals surface area contributed by atoms with E-state index >= 15 is 0 Å². The normalized spacial score (nSPS) is 24.8. The number of allylic oxidation sites excluding steroid dienone is 4. The SMILES string of the molecule is CN(C)C(=O)C(F)(F)S(=O)(=O)ON1C(=O)C2C3C=CC(C3)C2C1=O.O=C1C(c2ccccc2)=C(c2ccccc2)C(=O)N1OS(=O)(=O)C(F)(F)C(F)(F)OC(F)(F)C(F)(F)F.O=C1C2=C(CCCC2)C(=O)N1OS(=O)(=O)C(F)(F)C(F)(F)OC(F)(F)C(F)(F)F.O=C1C2C3C=CC(C3)C2C(=O)N1OS(=O)(=O)C(F)(F)C(F)(F)OC(F)(F)C(F)(F)F.O=C1C2C3C=CC(O3)C2C(=O)N1OS(=O)(=O)C(F)(F)C(F)(F)OC(F)(F)C(F)(F)F. The number of carbonyl (C=O) groups is 11. The summed E-state index contributed by atoms with van der Waals surface area (Å²) in [5.74, 6) is -25.3. The van der Waals surface area contributed by atoms with Crippen molar-refractivity contribution in [2.45, 2.75) is 151 Å². The second kappa shape index (κ2) is 38.9. The second-order valence-corrected chi connectivity index (χ2v) is 39.7. The number of alkyl halides is 38. The smallest absolute Gasteiger partial charge is 0.365 e. The van der Waals surface area contributed by atoms with Gasteiger partial charge in [-0.1, -0.05) is 97.1 Å². The van der Waals surface area contributed by atoms with Crippen molar-refractivity contribution in [3.8, 4) is 0 Å². The van der Waals surface area contributed by atoms with Gasteiger partial charge in [0.05, 0.1) is 58.9 Å². The maximum absolute atomic E-state index is 14.1. The molecular formula is C70H46F38N6O31S5. The van der Waals surface area contributed by atoms with Crippen LogP contribution in [0.15, 0.2) is 108 Å². The molecule has 80 heteroatoms. The first-order chi connectivity index (χ1) is 67.4. The fourth-order valence-electron chi connectivity index (χ4n) is 15.1. The number of fused-ring (bicyclic) bond motifs is 15. The minimum atomic E-state index is -7.35. The monoisotopic (exact) mass is 2350 g/mol. The average molecular weight is 2350 g/mol. The topological polar surface area (TPSA) is 470 Å². The Balaban J connectivity index is 0.000000193. The summed E-state index contributed by atoms with van der Waals surface area (Å²) in [6, 6.07) is 13.3. The second-order valence-electron chi connectivity index (χ2n) is 31.8. The summed E-state index contributed by atoms with van der Waals surface area (Å²) in [7, 11) is -32.9. The van der Waals surface area contributed by atoms with Crippen LogP contribution < -0.4 is 0 Å². The molecule has 4 saturated heterocycles. The minimum absolute atomic E-state index is 0.0755. The van der Waals surface area contributed by atoms with Gasteiger partial charge in [0.2, 0.25) is 0 Å². The summed E-state index contributed by atoms with van der Waals surface area (Å²) in [6.45, 7) is 0. The van der Waals surface area contributed by atoms with Gasteiger partial charge in [0.25, 0.3) is 59.1 Å². The zero-order valence-corrected chi connectivity index (χ0v) is 75.2. The van der Waals surface area contributed by atoms with Crippen LogP contribution in [0.1, 0.15) is 49.7 Å². The zero-order chi connectivity index (χ0) is 115. The van der Waals surface area contributed by atoms with E-state index in [0.717, 1.165) is 14.1 Å².